The molecule has 1 amide bonds. The summed E-state index contributed by atoms with van der Waals surface area (Å²) in [6, 6.07) is 11.7. The number of nitrogens with one attached hydrogen (secondary N) is 1. The van der Waals surface area contributed by atoms with Crippen LogP contribution in [0.1, 0.15) is 40.5 Å². The number of carbonyl (C=O) groups excluding carboxylic acids is 1. The molecule has 138 valence electrons. The molecule has 2 aromatic heterocycles. The van der Waals surface area contributed by atoms with Crippen LogP contribution in [0.2, 0.25) is 0 Å². The van der Waals surface area contributed by atoms with Crippen LogP contribution in [0.4, 0.5) is 0 Å². The first kappa shape index (κ1) is 17.9. The van der Waals surface area contributed by atoms with E-state index in [1.54, 1.807) is 0 Å². The van der Waals surface area contributed by atoms with E-state index in [0.29, 0.717) is 17.8 Å². The molecule has 7 heteroatoms. The van der Waals surface area contributed by atoms with Crippen LogP contribution >= 0.6 is 15.9 Å². The van der Waals surface area contributed by atoms with E-state index in [4.69, 9.17) is 0 Å². The monoisotopic (exact) mass is 425 g/mol. The van der Waals surface area contributed by atoms with Gasteiger partial charge in [0, 0.05) is 23.0 Å². The zero-order valence-electron chi connectivity index (χ0n) is 15.1. The molecule has 0 aliphatic carbocycles. The molecule has 0 bridgehead atoms. The summed E-state index contributed by atoms with van der Waals surface area (Å²) < 4.78 is 3.11. The standard InChI is InChI=1S/C20H20BrN5O/c1-13-16(8-9-17(23-13)14-5-4-6-15(21)11-14)20(27)22-12-19-25-24-18-7-2-3-10-26(18)19/h4-6,8-9,11H,2-3,7,10,12H2,1H3,(H,22,27). The van der Waals surface area contributed by atoms with Crippen molar-refractivity contribution in [1.82, 2.24) is 25.1 Å². The maximum Gasteiger partial charge on any atom is 0.253 e. The zero-order chi connectivity index (χ0) is 18.8. The van der Waals surface area contributed by atoms with Crippen LogP contribution in [-0.4, -0.2) is 25.7 Å². The minimum Gasteiger partial charge on any atom is -0.345 e. The minimum atomic E-state index is -0.144. The molecule has 0 saturated carbocycles. The predicted octanol–water partition coefficient (Wildman–Crippen LogP) is 3.68. The van der Waals surface area contributed by atoms with Gasteiger partial charge in [0.1, 0.15) is 5.82 Å². The number of aromatic nitrogens is 4. The van der Waals surface area contributed by atoms with Gasteiger partial charge in [-0.05, 0) is 44.0 Å². The molecule has 3 aromatic rings. The second-order valence-corrected chi connectivity index (χ2v) is 7.58. The molecular formula is C20H20BrN5O. The SMILES string of the molecule is Cc1nc(-c2cccc(Br)c2)ccc1C(=O)NCc1nnc2n1CCCC2. The summed E-state index contributed by atoms with van der Waals surface area (Å²) in [6.45, 7) is 3.16. The van der Waals surface area contributed by atoms with Crippen molar-refractivity contribution in [3.8, 4) is 11.3 Å². The molecule has 1 aliphatic rings. The number of amides is 1. The van der Waals surface area contributed by atoms with Gasteiger partial charge in [-0.3, -0.25) is 9.78 Å². The first-order valence-electron chi connectivity index (χ1n) is 9.04. The van der Waals surface area contributed by atoms with Crippen molar-refractivity contribution < 1.29 is 4.79 Å². The Morgan fingerprint density at radius 1 is 1.22 bits per heavy atom. The highest BCUT2D eigenvalue weighted by molar-refractivity contribution is 9.10. The predicted molar refractivity (Wildman–Crippen MR) is 106 cm³/mol. The molecule has 1 N–H and O–H groups in total. The molecule has 1 aliphatic heterocycles. The van der Waals surface area contributed by atoms with Crippen LogP contribution in [-0.2, 0) is 19.5 Å². The lowest BCUT2D eigenvalue weighted by atomic mass is 10.1. The number of rotatable bonds is 4. The van der Waals surface area contributed by atoms with Gasteiger partial charge in [-0.25, -0.2) is 0 Å². The summed E-state index contributed by atoms with van der Waals surface area (Å²) in [4.78, 5) is 17.2. The second-order valence-electron chi connectivity index (χ2n) is 6.66. The number of benzene rings is 1. The quantitative estimate of drug-likeness (QED) is 0.691. The molecule has 0 unspecified atom stereocenters. The molecular weight excluding hydrogens is 406 g/mol. The van der Waals surface area contributed by atoms with E-state index in [2.05, 4.69) is 41.0 Å². The molecule has 6 nitrogen and oxygen atoms in total. The van der Waals surface area contributed by atoms with Gasteiger partial charge in [0.25, 0.3) is 5.91 Å². The van der Waals surface area contributed by atoms with Crippen molar-refractivity contribution in [2.45, 2.75) is 39.3 Å². The zero-order valence-corrected chi connectivity index (χ0v) is 16.7. The topological polar surface area (TPSA) is 72.7 Å². The third-order valence-electron chi connectivity index (χ3n) is 4.79. The number of carbonyl (C=O) groups is 1. The van der Waals surface area contributed by atoms with Crippen molar-refractivity contribution in [2.24, 2.45) is 0 Å². The lowest BCUT2D eigenvalue weighted by Gasteiger charge is -2.15. The van der Waals surface area contributed by atoms with E-state index in [9.17, 15) is 4.79 Å². The van der Waals surface area contributed by atoms with Gasteiger partial charge in [-0.15, -0.1) is 10.2 Å². The summed E-state index contributed by atoms with van der Waals surface area (Å²) in [5.74, 6) is 1.69. The van der Waals surface area contributed by atoms with Crippen molar-refractivity contribution in [3.05, 3.63) is 63.8 Å². The van der Waals surface area contributed by atoms with Crippen molar-refractivity contribution in [2.75, 3.05) is 0 Å². The van der Waals surface area contributed by atoms with E-state index >= 15 is 0 Å². The van der Waals surface area contributed by atoms with Crippen LogP contribution in [0.3, 0.4) is 0 Å². The largest absolute Gasteiger partial charge is 0.345 e. The van der Waals surface area contributed by atoms with Gasteiger partial charge in [-0.2, -0.15) is 0 Å². The highest BCUT2D eigenvalue weighted by Crippen LogP contribution is 2.22. The summed E-state index contributed by atoms with van der Waals surface area (Å²) in [5, 5.41) is 11.4. The van der Waals surface area contributed by atoms with Gasteiger partial charge >= 0.3 is 0 Å². The van der Waals surface area contributed by atoms with E-state index in [1.807, 2.05) is 43.3 Å². The smallest absolute Gasteiger partial charge is 0.253 e. The van der Waals surface area contributed by atoms with Gasteiger partial charge in [0.2, 0.25) is 0 Å². The second kappa shape index (κ2) is 7.60. The number of nitrogens with zero attached hydrogens (tertiary/aromatic N) is 4. The Labute approximate surface area is 166 Å². The summed E-state index contributed by atoms with van der Waals surface area (Å²) >= 11 is 3.48. The van der Waals surface area contributed by atoms with Gasteiger partial charge in [0.05, 0.1) is 23.5 Å². The maximum atomic E-state index is 12.6. The summed E-state index contributed by atoms with van der Waals surface area (Å²) in [6.07, 6.45) is 3.24. The number of hydrogen-bond acceptors (Lipinski definition) is 4. The molecule has 0 fully saturated rings. The number of pyridine rings is 1. The number of aryl methyl sites for hydroxylation is 2. The van der Waals surface area contributed by atoms with Crippen LogP contribution in [0.25, 0.3) is 11.3 Å². The lowest BCUT2D eigenvalue weighted by Crippen LogP contribution is -2.26. The molecule has 0 saturated heterocycles. The highest BCUT2D eigenvalue weighted by Gasteiger charge is 2.17. The highest BCUT2D eigenvalue weighted by atomic mass is 79.9. The molecule has 3 heterocycles. The van der Waals surface area contributed by atoms with Crippen LogP contribution in [0, 0.1) is 6.92 Å². The lowest BCUT2D eigenvalue weighted by molar-refractivity contribution is 0.0948. The Hall–Kier alpha value is -2.54. The van der Waals surface area contributed by atoms with Crippen molar-refractivity contribution >= 4 is 21.8 Å². The van der Waals surface area contributed by atoms with Crippen LogP contribution in [0.15, 0.2) is 40.9 Å². The van der Waals surface area contributed by atoms with Gasteiger partial charge in [0.15, 0.2) is 5.82 Å². The molecule has 1 aromatic carbocycles. The van der Waals surface area contributed by atoms with E-state index < -0.39 is 0 Å². The molecule has 27 heavy (non-hydrogen) atoms. The maximum absolute atomic E-state index is 12.6. The Balaban J connectivity index is 1.48. The molecule has 0 spiro atoms. The number of halogens is 1. The van der Waals surface area contributed by atoms with Crippen molar-refractivity contribution in [1.29, 1.82) is 0 Å². The number of hydrogen-bond donors (Lipinski definition) is 1. The van der Waals surface area contributed by atoms with Crippen LogP contribution in [0.5, 0.6) is 0 Å². The first-order valence-corrected chi connectivity index (χ1v) is 9.84. The molecule has 4 rings (SSSR count). The normalized spacial score (nSPS) is 13.3. The van der Waals surface area contributed by atoms with E-state index in [-0.39, 0.29) is 5.91 Å². The average molecular weight is 426 g/mol. The Bertz CT molecular complexity index is 998. The fourth-order valence-electron chi connectivity index (χ4n) is 3.36. The molecule has 0 radical (unpaired) electrons. The third-order valence-corrected chi connectivity index (χ3v) is 5.29. The number of fused-ring (bicyclic) bond motifs is 1. The average Bonchev–Trinajstić information content (AvgIpc) is 3.09. The van der Waals surface area contributed by atoms with Gasteiger partial charge in [-0.1, -0.05) is 28.1 Å². The summed E-state index contributed by atoms with van der Waals surface area (Å²) in [7, 11) is 0. The minimum absolute atomic E-state index is 0.144. The van der Waals surface area contributed by atoms with Crippen molar-refractivity contribution in [3.63, 3.8) is 0 Å². The van der Waals surface area contributed by atoms with Crippen LogP contribution < -0.4 is 5.32 Å². The Morgan fingerprint density at radius 3 is 2.93 bits per heavy atom. The van der Waals surface area contributed by atoms with Gasteiger partial charge < -0.3 is 9.88 Å². The Morgan fingerprint density at radius 2 is 2.11 bits per heavy atom. The third kappa shape index (κ3) is 3.78. The van der Waals surface area contributed by atoms with E-state index in [0.717, 1.165) is 53.2 Å². The Kier molecular flexibility index (Phi) is 5.03. The fourth-order valence-corrected chi connectivity index (χ4v) is 3.76. The van der Waals surface area contributed by atoms with E-state index in [1.165, 1.54) is 0 Å². The summed E-state index contributed by atoms with van der Waals surface area (Å²) in [5.41, 5.74) is 3.13. The fraction of sp³-hybridized carbons (Fsp3) is 0.300. The molecule has 0 atom stereocenters. The first-order chi connectivity index (χ1) is 13.1.